The van der Waals surface area contributed by atoms with E-state index in [4.69, 9.17) is 0 Å². The highest BCUT2D eigenvalue weighted by Crippen LogP contribution is 2.28. The van der Waals surface area contributed by atoms with Crippen molar-refractivity contribution in [1.82, 2.24) is 10.2 Å². The summed E-state index contributed by atoms with van der Waals surface area (Å²) in [4.78, 5) is 26.0. The predicted molar refractivity (Wildman–Crippen MR) is 80.1 cm³/mol. The number of likely N-dealkylation sites (N-methyl/N-ethyl adjacent to an activating group) is 1. The third-order valence-corrected chi connectivity index (χ3v) is 4.15. The number of amides is 1. The molecule has 0 bridgehead atoms. The van der Waals surface area contributed by atoms with Crippen LogP contribution in [0.2, 0.25) is 0 Å². The van der Waals surface area contributed by atoms with E-state index in [1.54, 1.807) is 31.2 Å². The highest BCUT2D eigenvalue weighted by Gasteiger charge is 2.38. The molecule has 1 heterocycles. The lowest BCUT2D eigenvalue weighted by atomic mass is 9.79. The number of aliphatic carboxylic acids is 1. The average Bonchev–Trinajstić information content (AvgIpc) is 2.84. The summed E-state index contributed by atoms with van der Waals surface area (Å²) in [5.41, 5.74) is -0.549. The number of carboxylic acid groups (broad SMARTS) is 1. The van der Waals surface area contributed by atoms with Gasteiger partial charge >= 0.3 is 5.97 Å². The molecule has 21 heavy (non-hydrogen) atoms. The Hall–Kier alpha value is -1.88. The van der Waals surface area contributed by atoms with E-state index in [0.29, 0.717) is 5.56 Å². The summed E-state index contributed by atoms with van der Waals surface area (Å²) in [5, 5.41) is 12.5. The number of hydrogen-bond acceptors (Lipinski definition) is 3. The lowest BCUT2D eigenvalue weighted by Gasteiger charge is -2.25. The Balaban J connectivity index is 2.06. The average molecular weight is 290 g/mol. The topological polar surface area (TPSA) is 69.6 Å². The maximum atomic E-state index is 12.2. The highest BCUT2D eigenvalue weighted by atomic mass is 16.4. The second-order valence-corrected chi connectivity index (χ2v) is 6.00. The molecule has 0 radical (unpaired) electrons. The van der Waals surface area contributed by atoms with E-state index in [1.807, 2.05) is 13.1 Å². The van der Waals surface area contributed by atoms with Gasteiger partial charge in [0, 0.05) is 19.0 Å². The summed E-state index contributed by atoms with van der Waals surface area (Å²) >= 11 is 0. The van der Waals surface area contributed by atoms with Crippen LogP contribution < -0.4 is 5.32 Å². The van der Waals surface area contributed by atoms with Gasteiger partial charge in [0.1, 0.15) is 0 Å². The molecule has 0 saturated carbocycles. The minimum Gasteiger partial charge on any atom is -0.481 e. The Morgan fingerprint density at radius 2 is 2.05 bits per heavy atom. The van der Waals surface area contributed by atoms with Gasteiger partial charge in [-0.2, -0.15) is 0 Å². The molecule has 2 N–H and O–H groups in total. The van der Waals surface area contributed by atoms with Crippen LogP contribution >= 0.6 is 0 Å². The van der Waals surface area contributed by atoms with Crippen molar-refractivity contribution in [1.29, 1.82) is 0 Å². The van der Waals surface area contributed by atoms with Gasteiger partial charge in [0.25, 0.3) is 0 Å². The zero-order valence-electron chi connectivity index (χ0n) is 12.5. The first kappa shape index (κ1) is 15.5. The fourth-order valence-electron chi connectivity index (χ4n) is 2.76. The SMILES string of the molecule is CN1CCC(NC(=O)CC(C)(C(=O)O)c2ccccc2)C1. The van der Waals surface area contributed by atoms with Crippen molar-refractivity contribution in [3.05, 3.63) is 35.9 Å². The summed E-state index contributed by atoms with van der Waals surface area (Å²) < 4.78 is 0. The molecule has 2 unspecified atom stereocenters. The first-order valence-electron chi connectivity index (χ1n) is 7.18. The van der Waals surface area contributed by atoms with Crippen molar-refractivity contribution < 1.29 is 14.7 Å². The molecule has 114 valence electrons. The fraction of sp³-hybridized carbons (Fsp3) is 0.500. The molecule has 2 atom stereocenters. The van der Waals surface area contributed by atoms with Crippen molar-refractivity contribution in [3.8, 4) is 0 Å². The number of hydrogen-bond donors (Lipinski definition) is 2. The molecule has 0 spiro atoms. The van der Waals surface area contributed by atoms with E-state index < -0.39 is 11.4 Å². The number of likely N-dealkylation sites (tertiary alicyclic amines) is 1. The van der Waals surface area contributed by atoms with Gasteiger partial charge < -0.3 is 15.3 Å². The van der Waals surface area contributed by atoms with Gasteiger partial charge in [0.05, 0.1) is 5.41 Å². The van der Waals surface area contributed by atoms with Crippen LogP contribution in [0.25, 0.3) is 0 Å². The van der Waals surface area contributed by atoms with Crippen LogP contribution in [0.4, 0.5) is 0 Å². The number of carbonyl (C=O) groups is 2. The standard InChI is InChI=1S/C16H22N2O3/c1-16(15(20)21,12-6-4-3-5-7-12)10-14(19)17-13-8-9-18(2)11-13/h3-7,13H,8-11H2,1-2H3,(H,17,19)(H,20,21). The summed E-state index contributed by atoms with van der Waals surface area (Å²) in [5.74, 6) is -1.18. The van der Waals surface area contributed by atoms with Gasteiger partial charge in [-0.25, -0.2) is 0 Å². The molecule has 1 amide bonds. The van der Waals surface area contributed by atoms with Gasteiger partial charge in [0.2, 0.25) is 5.91 Å². The fourth-order valence-corrected chi connectivity index (χ4v) is 2.76. The predicted octanol–water partition coefficient (Wildman–Crippen LogP) is 1.24. The van der Waals surface area contributed by atoms with Crippen LogP contribution in [0.15, 0.2) is 30.3 Å². The van der Waals surface area contributed by atoms with Gasteiger partial charge in [-0.05, 0) is 32.5 Å². The zero-order chi connectivity index (χ0) is 15.5. The number of benzene rings is 1. The summed E-state index contributed by atoms with van der Waals surface area (Å²) in [6.07, 6.45) is 0.865. The number of carbonyl (C=O) groups excluding carboxylic acids is 1. The number of rotatable bonds is 5. The largest absolute Gasteiger partial charge is 0.481 e. The zero-order valence-corrected chi connectivity index (χ0v) is 12.5. The van der Waals surface area contributed by atoms with Gasteiger partial charge in [-0.15, -0.1) is 0 Å². The number of nitrogens with one attached hydrogen (secondary N) is 1. The molecule has 1 aromatic carbocycles. The maximum Gasteiger partial charge on any atom is 0.314 e. The van der Waals surface area contributed by atoms with E-state index in [0.717, 1.165) is 19.5 Å². The van der Waals surface area contributed by atoms with Crippen molar-refractivity contribution >= 4 is 11.9 Å². The van der Waals surface area contributed by atoms with Crippen LogP contribution in [0.1, 0.15) is 25.3 Å². The van der Waals surface area contributed by atoms with E-state index in [9.17, 15) is 14.7 Å². The molecule has 2 rings (SSSR count). The van der Waals surface area contributed by atoms with Crippen LogP contribution in [0.5, 0.6) is 0 Å². The first-order chi connectivity index (χ1) is 9.91. The number of carboxylic acids is 1. The normalized spacial score (nSPS) is 21.7. The Morgan fingerprint density at radius 3 is 2.57 bits per heavy atom. The third-order valence-electron chi connectivity index (χ3n) is 4.15. The third kappa shape index (κ3) is 3.61. The first-order valence-corrected chi connectivity index (χ1v) is 7.18. The van der Waals surface area contributed by atoms with Crippen LogP contribution in [-0.4, -0.2) is 48.1 Å². The van der Waals surface area contributed by atoms with Crippen LogP contribution in [-0.2, 0) is 15.0 Å². The molecule has 1 aliphatic heterocycles. The van der Waals surface area contributed by atoms with E-state index in [2.05, 4.69) is 10.2 Å². The van der Waals surface area contributed by atoms with Gasteiger partial charge in [0.15, 0.2) is 0 Å². The second-order valence-electron chi connectivity index (χ2n) is 6.00. The molecule has 0 aromatic heterocycles. The maximum absolute atomic E-state index is 12.2. The van der Waals surface area contributed by atoms with Crippen molar-refractivity contribution in [3.63, 3.8) is 0 Å². The quantitative estimate of drug-likeness (QED) is 0.856. The van der Waals surface area contributed by atoms with E-state index in [-0.39, 0.29) is 18.4 Å². The van der Waals surface area contributed by atoms with Crippen molar-refractivity contribution in [2.75, 3.05) is 20.1 Å². The Kier molecular flexibility index (Phi) is 4.63. The number of nitrogens with zero attached hydrogens (tertiary/aromatic N) is 1. The van der Waals surface area contributed by atoms with Crippen LogP contribution in [0, 0.1) is 0 Å². The Morgan fingerprint density at radius 1 is 1.38 bits per heavy atom. The molecule has 1 aliphatic rings. The molecule has 1 aromatic rings. The molecular formula is C16H22N2O3. The van der Waals surface area contributed by atoms with Gasteiger partial charge in [-0.3, -0.25) is 9.59 Å². The molecule has 1 fully saturated rings. The lowest BCUT2D eigenvalue weighted by molar-refractivity contribution is -0.145. The molecule has 5 nitrogen and oxygen atoms in total. The summed E-state index contributed by atoms with van der Waals surface area (Å²) in [7, 11) is 2.01. The van der Waals surface area contributed by atoms with Crippen LogP contribution in [0.3, 0.4) is 0 Å². The summed E-state index contributed by atoms with van der Waals surface area (Å²) in [6.45, 7) is 3.38. The van der Waals surface area contributed by atoms with Gasteiger partial charge in [-0.1, -0.05) is 30.3 Å². The molecule has 0 aliphatic carbocycles. The smallest absolute Gasteiger partial charge is 0.314 e. The van der Waals surface area contributed by atoms with E-state index in [1.165, 1.54) is 0 Å². The van der Waals surface area contributed by atoms with Crippen molar-refractivity contribution in [2.45, 2.75) is 31.2 Å². The molecular weight excluding hydrogens is 268 g/mol. The minimum absolute atomic E-state index is 0.0490. The molecule has 5 heteroatoms. The second kappa shape index (κ2) is 6.26. The summed E-state index contributed by atoms with van der Waals surface area (Å²) in [6, 6.07) is 9.05. The van der Waals surface area contributed by atoms with E-state index >= 15 is 0 Å². The Labute approximate surface area is 125 Å². The Bertz CT molecular complexity index is 518. The monoisotopic (exact) mass is 290 g/mol. The highest BCUT2D eigenvalue weighted by molar-refractivity contribution is 5.89. The van der Waals surface area contributed by atoms with Crippen molar-refractivity contribution in [2.24, 2.45) is 0 Å². The molecule has 1 saturated heterocycles. The minimum atomic E-state index is -1.20. The lowest BCUT2D eigenvalue weighted by Crippen LogP contribution is -2.43.